The van der Waals surface area contributed by atoms with Gasteiger partial charge in [0.1, 0.15) is 18.5 Å². The van der Waals surface area contributed by atoms with Crippen LogP contribution in [0.2, 0.25) is 0 Å². The Kier molecular flexibility index (Phi) is 7.21. The van der Waals surface area contributed by atoms with Crippen molar-refractivity contribution in [2.24, 2.45) is 4.99 Å². The first-order valence-electron chi connectivity index (χ1n) is 10.0. The Balaban J connectivity index is 1.88. The van der Waals surface area contributed by atoms with Crippen molar-refractivity contribution in [3.63, 3.8) is 0 Å². The number of ether oxygens (including phenoxy) is 2. The molecule has 9 nitrogen and oxygen atoms in total. The van der Waals surface area contributed by atoms with E-state index in [0.717, 1.165) is 5.56 Å². The van der Waals surface area contributed by atoms with Gasteiger partial charge in [0.25, 0.3) is 0 Å². The molecule has 2 aromatic heterocycles. The van der Waals surface area contributed by atoms with Gasteiger partial charge in [0.05, 0.1) is 41.2 Å². The zero-order chi connectivity index (χ0) is 22.4. The second kappa shape index (κ2) is 9.86. The fourth-order valence-corrected chi connectivity index (χ4v) is 3.28. The topological polar surface area (TPSA) is 125 Å². The quantitative estimate of drug-likeness (QED) is 0.235. The van der Waals surface area contributed by atoms with Crippen LogP contribution < -0.4 is 10.1 Å². The number of methoxy groups -OCH3 is 1. The number of aliphatic imine (C=N–C) groups is 1. The van der Waals surface area contributed by atoms with Crippen molar-refractivity contribution in [2.45, 2.75) is 39.0 Å². The van der Waals surface area contributed by atoms with Crippen molar-refractivity contribution in [2.75, 3.05) is 25.6 Å². The minimum absolute atomic E-state index is 0.279. The van der Waals surface area contributed by atoms with E-state index in [9.17, 15) is 10.2 Å². The van der Waals surface area contributed by atoms with Crippen LogP contribution in [-0.4, -0.2) is 57.2 Å². The van der Waals surface area contributed by atoms with Crippen LogP contribution in [0.15, 0.2) is 41.4 Å². The number of rotatable bonds is 9. The highest BCUT2D eigenvalue weighted by Gasteiger charge is 2.28. The number of aliphatic hydroxyl groups excluding tert-OH is 1. The summed E-state index contributed by atoms with van der Waals surface area (Å²) in [5, 5.41) is 31.3. The molecule has 4 N–H and O–H groups in total. The molecule has 0 aliphatic rings. The maximum Gasteiger partial charge on any atom is 0.242 e. The third kappa shape index (κ3) is 5.57. The van der Waals surface area contributed by atoms with Gasteiger partial charge in [-0.25, -0.2) is 4.98 Å². The third-order valence-electron chi connectivity index (χ3n) is 4.68. The van der Waals surface area contributed by atoms with E-state index in [4.69, 9.17) is 14.5 Å². The monoisotopic (exact) mass is 427 g/mol. The van der Waals surface area contributed by atoms with E-state index in [-0.39, 0.29) is 6.61 Å². The molecule has 0 bridgehead atoms. The number of nitrogens with one attached hydrogen (secondary N) is 2. The van der Waals surface area contributed by atoms with Crippen LogP contribution in [0.4, 0.5) is 5.82 Å². The van der Waals surface area contributed by atoms with Crippen molar-refractivity contribution in [1.82, 2.24) is 15.2 Å². The van der Waals surface area contributed by atoms with Crippen molar-refractivity contribution < 1.29 is 19.7 Å². The van der Waals surface area contributed by atoms with Crippen LogP contribution in [0.5, 0.6) is 5.88 Å². The molecule has 0 aliphatic carbocycles. The summed E-state index contributed by atoms with van der Waals surface area (Å²) in [6, 6.07) is 10.9. The first kappa shape index (κ1) is 22.7. The molecule has 0 saturated carbocycles. The summed E-state index contributed by atoms with van der Waals surface area (Å²) >= 11 is 0. The number of H-pyrrole nitrogens is 1. The summed E-state index contributed by atoms with van der Waals surface area (Å²) in [4.78, 5) is 9.18. The molecule has 2 heterocycles. The van der Waals surface area contributed by atoms with E-state index in [1.165, 1.54) is 0 Å². The molecule has 1 unspecified atom stereocenters. The number of hydrogen-bond donors (Lipinski definition) is 4. The number of nitrogens with zero attached hydrogens (tertiary/aromatic N) is 3. The fourth-order valence-electron chi connectivity index (χ4n) is 3.28. The smallest absolute Gasteiger partial charge is 0.242 e. The average molecular weight is 428 g/mol. The van der Waals surface area contributed by atoms with Gasteiger partial charge < -0.3 is 25.0 Å². The Morgan fingerprint density at radius 3 is 2.65 bits per heavy atom. The van der Waals surface area contributed by atoms with Crippen molar-refractivity contribution in [1.29, 1.82) is 0 Å². The van der Waals surface area contributed by atoms with E-state index >= 15 is 0 Å². The highest BCUT2D eigenvalue weighted by Crippen LogP contribution is 2.30. The number of aromatic nitrogens is 3. The first-order valence-corrected chi connectivity index (χ1v) is 10.0. The number of aromatic amines is 1. The summed E-state index contributed by atoms with van der Waals surface area (Å²) < 4.78 is 10.6. The Morgan fingerprint density at radius 2 is 2.00 bits per heavy atom. The number of anilines is 1. The highest BCUT2D eigenvalue weighted by molar-refractivity contribution is 5.95. The summed E-state index contributed by atoms with van der Waals surface area (Å²) in [6.45, 7) is 5.74. The first-order chi connectivity index (χ1) is 14.8. The molecule has 1 atom stereocenters. The van der Waals surface area contributed by atoms with Crippen molar-refractivity contribution in [3.8, 4) is 5.88 Å². The number of fused-ring (bicyclic) bond motifs is 1. The lowest BCUT2D eigenvalue weighted by atomic mass is 9.92. The summed E-state index contributed by atoms with van der Waals surface area (Å²) in [5.41, 5.74) is 0.942. The number of hydrogen-bond acceptors (Lipinski definition) is 7. The van der Waals surface area contributed by atoms with Gasteiger partial charge in [0, 0.05) is 13.2 Å². The number of pyridine rings is 1. The Bertz CT molecular complexity index is 1030. The van der Waals surface area contributed by atoms with Gasteiger partial charge in [-0.2, -0.15) is 0 Å². The van der Waals surface area contributed by atoms with Crippen LogP contribution in [0.25, 0.3) is 10.9 Å². The van der Waals surface area contributed by atoms with E-state index in [0.29, 0.717) is 47.3 Å². The summed E-state index contributed by atoms with van der Waals surface area (Å²) in [5.74, 6) is 1.43. The maximum atomic E-state index is 10.6. The molecule has 0 saturated heterocycles. The summed E-state index contributed by atoms with van der Waals surface area (Å²) in [6.07, 6.45) is 0. The van der Waals surface area contributed by atoms with Gasteiger partial charge in [-0.3, -0.25) is 10.1 Å². The molecule has 1 aromatic carbocycles. The second-order valence-corrected chi connectivity index (χ2v) is 7.71. The Hall–Kier alpha value is -3.01. The van der Waals surface area contributed by atoms with Crippen LogP contribution >= 0.6 is 0 Å². The minimum Gasteiger partial charge on any atom is -0.474 e. The van der Waals surface area contributed by atoms with Crippen LogP contribution in [-0.2, 0) is 11.3 Å². The number of amidine groups is 1. The normalized spacial score (nSPS) is 13.4. The zero-order valence-electron chi connectivity index (χ0n) is 18.2. The van der Waals surface area contributed by atoms with Gasteiger partial charge >= 0.3 is 0 Å². The molecule has 0 radical (unpaired) electrons. The molecule has 0 amide bonds. The minimum atomic E-state index is -1.06. The molecule has 3 rings (SSSR count). The summed E-state index contributed by atoms with van der Waals surface area (Å²) in [7, 11) is 1.59. The molecule has 31 heavy (non-hydrogen) atoms. The molecular formula is C22H29N5O4. The van der Waals surface area contributed by atoms with Crippen molar-refractivity contribution in [3.05, 3.63) is 47.7 Å². The van der Waals surface area contributed by atoms with E-state index < -0.39 is 11.6 Å². The molecule has 166 valence electrons. The van der Waals surface area contributed by atoms with E-state index in [1.54, 1.807) is 33.9 Å². The average Bonchev–Trinajstić information content (AvgIpc) is 3.14. The van der Waals surface area contributed by atoms with Gasteiger partial charge in [0.2, 0.25) is 5.88 Å². The highest BCUT2D eigenvalue weighted by atomic mass is 16.5. The van der Waals surface area contributed by atoms with E-state index in [1.807, 2.05) is 30.3 Å². The van der Waals surface area contributed by atoms with Gasteiger partial charge in [-0.15, -0.1) is 5.10 Å². The molecule has 0 fully saturated rings. The third-order valence-corrected chi connectivity index (χ3v) is 4.68. The standard InChI is InChI=1S/C22H29N5O4/c1-14(24-20(22(2,3)29)15-8-6-5-7-9-15)23-18-12-16-19(17(13-28)25-18)21(27-26-16)31-11-10-30-4/h5-9,12,20,28-29H,10-11,13H2,1-4H3,(H,26,27)(H,23,24,25). The van der Waals surface area contributed by atoms with Crippen LogP contribution in [0.3, 0.4) is 0 Å². The molecule has 9 heteroatoms. The lowest BCUT2D eigenvalue weighted by molar-refractivity contribution is 0.0526. The lowest BCUT2D eigenvalue weighted by Crippen LogP contribution is -2.29. The molecule has 0 aliphatic heterocycles. The second-order valence-electron chi connectivity index (χ2n) is 7.71. The van der Waals surface area contributed by atoms with Gasteiger partial charge in [-0.05, 0) is 26.3 Å². The number of aliphatic hydroxyl groups is 2. The lowest BCUT2D eigenvalue weighted by Gasteiger charge is -2.27. The van der Waals surface area contributed by atoms with Crippen LogP contribution in [0.1, 0.15) is 38.1 Å². The molecular weight excluding hydrogens is 398 g/mol. The van der Waals surface area contributed by atoms with Gasteiger partial charge in [0.15, 0.2) is 0 Å². The van der Waals surface area contributed by atoms with E-state index in [2.05, 4.69) is 20.5 Å². The SMILES string of the molecule is COCCOc1n[nH]c2cc(NC(C)=NC(c3ccccc3)C(C)(C)O)nc(CO)c12. The zero-order valence-corrected chi connectivity index (χ0v) is 18.2. The van der Waals surface area contributed by atoms with Crippen molar-refractivity contribution >= 4 is 22.6 Å². The predicted molar refractivity (Wildman–Crippen MR) is 119 cm³/mol. The van der Waals surface area contributed by atoms with Crippen LogP contribution in [0, 0.1) is 0 Å². The largest absolute Gasteiger partial charge is 0.474 e. The number of benzene rings is 1. The Labute approximate surface area is 181 Å². The Morgan fingerprint density at radius 1 is 1.26 bits per heavy atom. The fraction of sp³-hybridized carbons (Fsp3) is 0.409. The molecule has 3 aromatic rings. The predicted octanol–water partition coefficient (Wildman–Crippen LogP) is 2.82. The maximum absolute atomic E-state index is 10.6. The van der Waals surface area contributed by atoms with Gasteiger partial charge in [-0.1, -0.05) is 30.3 Å². The molecule has 0 spiro atoms.